The Kier molecular flexibility index (Phi) is 6.24. The Balaban J connectivity index is 1.16. The highest BCUT2D eigenvalue weighted by Gasteiger charge is 2.08. The highest BCUT2D eigenvalue weighted by Crippen LogP contribution is 2.25. The van der Waals surface area contributed by atoms with E-state index in [-0.39, 0.29) is 0 Å². The Morgan fingerprint density at radius 3 is 1.14 bits per heavy atom. The van der Waals surface area contributed by atoms with E-state index >= 15 is 0 Å². The van der Waals surface area contributed by atoms with Crippen LogP contribution in [0.3, 0.4) is 0 Å². The third kappa shape index (κ3) is 4.89. The van der Waals surface area contributed by atoms with Gasteiger partial charge in [-0.1, -0.05) is 97.1 Å². The number of fused-ring (bicyclic) bond motifs is 3. The zero-order valence-electron chi connectivity index (χ0n) is 20.2. The van der Waals surface area contributed by atoms with Crippen LogP contribution in [0.4, 0.5) is 0 Å². The van der Waals surface area contributed by atoms with Crippen molar-refractivity contribution >= 4 is 32.3 Å². The quantitative estimate of drug-likeness (QED) is 0.223. The average Bonchev–Trinajstić information content (AvgIpc) is 2.93. The molecule has 0 aliphatic rings. The van der Waals surface area contributed by atoms with Crippen molar-refractivity contribution in [1.82, 2.24) is 0 Å². The van der Waals surface area contributed by atoms with Crippen LogP contribution in [0, 0.1) is 0 Å². The minimum Gasteiger partial charge on any atom is -0.493 e. The van der Waals surface area contributed by atoms with Crippen LogP contribution < -0.4 is 9.47 Å². The van der Waals surface area contributed by atoms with Crippen LogP contribution in [-0.2, 0) is 12.8 Å². The average molecular weight is 469 g/mol. The minimum atomic E-state index is 0.634. The van der Waals surface area contributed by atoms with Gasteiger partial charge in [0, 0.05) is 12.8 Å². The smallest absolute Gasteiger partial charge is 0.119 e. The summed E-state index contributed by atoms with van der Waals surface area (Å²) in [5, 5.41) is 7.38. The molecular weight excluding hydrogens is 440 g/mol. The number of ether oxygens (including phenoxy) is 2. The molecule has 6 aromatic rings. The lowest BCUT2D eigenvalue weighted by molar-refractivity contribution is 0.316. The summed E-state index contributed by atoms with van der Waals surface area (Å²) in [7, 11) is 0. The molecule has 176 valence electrons. The Labute approximate surface area is 211 Å². The summed E-state index contributed by atoms with van der Waals surface area (Å²) in [6.45, 7) is 1.27. The van der Waals surface area contributed by atoms with Crippen molar-refractivity contribution in [3.8, 4) is 11.5 Å². The topological polar surface area (TPSA) is 18.5 Å². The predicted octanol–water partition coefficient (Wildman–Crippen LogP) is 8.39. The van der Waals surface area contributed by atoms with E-state index in [1.165, 1.54) is 43.4 Å². The first-order valence-electron chi connectivity index (χ1n) is 12.6. The van der Waals surface area contributed by atoms with Crippen molar-refractivity contribution in [2.45, 2.75) is 12.8 Å². The van der Waals surface area contributed by atoms with E-state index in [9.17, 15) is 0 Å². The van der Waals surface area contributed by atoms with Crippen LogP contribution in [0.25, 0.3) is 32.3 Å². The summed E-state index contributed by atoms with van der Waals surface area (Å²) in [6.07, 6.45) is 1.70. The molecule has 2 heteroatoms. The van der Waals surface area contributed by atoms with Crippen LogP contribution in [0.5, 0.6) is 11.5 Å². The summed E-state index contributed by atoms with van der Waals surface area (Å²) in [4.78, 5) is 0. The maximum absolute atomic E-state index is 6.17. The molecule has 0 spiro atoms. The van der Waals surface area contributed by atoms with Crippen LogP contribution in [0.15, 0.2) is 121 Å². The molecule has 0 radical (unpaired) electrons. The van der Waals surface area contributed by atoms with Gasteiger partial charge in [-0.15, -0.1) is 0 Å². The summed E-state index contributed by atoms with van der Waals surface area (Å²) in [5.41, 5.74) is 2.63. The molecule has 6 rings (SSSR count). The van der Waals surface area contributed by atoms with E-state index in [2.05, 4.69) is 121 Å². The van der Waals surface area contributed by atoms with Gasteiger partial charge in [0.1, 0.15) is 11.5 Å². The monoisotopic (exact) mass is 468 g/mol. The normalized spacial score (nSPS) is 11.2. The molecule has 0 aliphatic carbocycles. The second-order valence-corrected chi connectivity index (χ2v) is 9.18. The van der Waals surface area contributed by atoms with E-state index in [0.717, 1.165) is 24.3 Å². The van der Waals surface area contributed by atoms with Gasteiger partial charge in [-0.25, -0.2) is 0 Å². The minimum absolute atomic E-state index is 0.634. The fraction of sp³-hybridized carbons (Fsp3) is 0.118. The number of rotatable bonds is 8. The number of hydrogen-bond acceptors (Lipinski definition) is 2. The molecule has 6 aromatic carbocycles. The van der Waals surface area contributed by atoms with Gasteiger partial charge in [0.05, 0.1) is 13.2 Å². The molecule has 0 unspecified atom stereocenters. The van der Waals surface area contributed by atoms with Crippen molar-refractivity contribution in [1.29, 1.82) is 0 Å². The first kappa shape index (κ1) is 22.2. The van der Waals surface area contributed by atoms with Crippen molar-refractivity contribution in [2.24, 2.45) is 0 Å². The molecule has 0 fully saturated rings. The lowest BCUT2D eigenvalue weighted by Crippen LogP contribution is -2.07. The van der Waals surface area contributed by atoms with E-state index in [1.54, 1.807) is 0 Å². The molecule has 0 N–H and O–H groups in total. The van der Waals surface area contributed by atoms with Gasteiger partial charge >= 0.3 is 0 Å². The van der Waals surface area contributed by atoms with Crippen molar-refractivity contribution < 1.29 is 9.47 Å². The molecular formula is C34H28O2. The first-order valence-corrected chi connectivity index (χ1v) is 12.6. The maximum Gasteiger partial charge on any atom is 0.119 e. The highest BCUT2D eigenvalue weighted by atomic mass is 16.5. The van der Waals surface area contributed by atoms with E-state index in [0.29, 0.717) is 13.2 Å². The highest BCUT2D eigenvalue weighted by molar-refractivity contribution is 5.85. The van der Waals surface area contributed by atoms with E-state index in [1.807, 2.05) is 0 Å². The molecule has 2 nitrogen and oxygen atoms in total. The van der Waals surface area contributed by atoms with Crippen LogP contribution >= 0.6 is 0 Å². The van der Waals surface area contributed by atoms with Crippen molar-refractivity contribution in [2.75, 3.05) is 13.2 Å². The Bertz CT molecular complexity index is 1530. The molecule has 0 saturated carbocycles. The zero-order valence-corrected chi connectivity index (χ0v) is 20.2. The van der Waals surface area contributed by atoms with Gasteiger partial charge in [-0.2, -0.15) is 0 Å². The van der Waals surface area contributed by atoms with E-state index in [4.69, 9.17) is 9.47 Å². The van der Waals surface area contributed by atoms with Crippen LogP contribution in [0.1, 0.15) is 11.1 Å². The molecule has 0 atom stereocenters. The standard InChI is InChI=1S/C34H28O2/c1-3-11-29-23-33(15-13-25(29)7-1)35-19-17-31-21-27-9-5-6-10-28(27)22-32(31)18-20-36-34-16-14-26-8-2-4-12-30(26)24-34/h1-16,21-24H,17-20H2. The Hall–Kier alpha value is -4.30. The second kappa shape index (κ2) is 10.1. The Morgan fingerprint density at radius 1 is 0.361 bits per heavy atom. The van der Waals surface area contributed by atoms with Gasteiger partial charge in [0.2, 0.25) is 0 Å². The summed E-state index contributed by atoms with van der Waals surface area (Å²) in [6, 6.07) is 42.5. The molecule has 0 aliphatic heterocycles. The third-order valence-electron chi connectivity index (χ3n) is 6.79. The van der Waals surface area contributed by atoms with E-state index < -0.39 is 0 Å². The number of benzene rings is 6. The van der Waals surface area contributed by atoms with Crippen molar-refractivity contribution in [3.63, 3.8) is 0 Å². The van der Waals surface area contributed by atoms with Gasteiger partial charge in [-0.3, -0.25) is 0 Å². The van der Waals surface area contributed by atoms with Gasteiger partial charge in [0.25, 0.3) is 0 Å². The molecule has 0 aromatic heterocycles. The largest absolute Gasteiger partial charge is 0.493 e. The van der Waals surface area contributed by atoms with Crippen molar-refractivity contribution in [3.05, 3.63) is 132 Å². The van der Waals surface area contributed by atoms with Gasteiger partial charge in [0.15, 0.2) is 0 Å². The lowest BCUT2D eigenvalue weighted by Gasteiger charge is -2.14. The predicted molar refractivity (Wildman–Crippen MR) is 150 cm³/mol. The molecule has 0 saturated heterocycles. The maximum atomic E-state index is 6.17. The molecule has 36 heavy (non-hydrogen) atoms. The molecule has 0 bridgehead atoms. The summed E-state index contributed by atoms with van der Waals surface area (Å²) in [5.74, 6) is 1.83. The molecule has 0 heterocycles. The third-order valence-corrected chi connectivity index (χ3v) is 6.79. The fourth-order valence-corrected chi connectivity index (χ4v) is 4.87. The molecule has 0 amide bonds. The fourth-order valence-electron chi connectivity index (χ4n) is 4.87. The van der Waals surface area contributed by atoms with Gasteiger partial charge < -0.3 is 9.47 Å². The summed E-state index contributed by atoms with van der Waals surface area (Å²) >= 11 is 0. The Morgan fingerprint density at radius 2 is 0.722 bits per heavy atom. The zero-order chi connectivity index (χ0) is 24.2. The van der Waals surface area contributed by atoms with Gasteiger partial charge in [-0.05, 0) is 67.7 Å². The first-order chi connectivity index (χ1) is 17.8. The lowest BCUT2D eigenvalue weighted by atomic mass is 9.97. The SMILES string of the molecule is c1ccc2cc(OCCc3cc4ccccc4cc3CCOc3ccc4ccccc4c3)ccc2c1. The second-order valence-electron chi connectivity index (χ2n) is 9.18. The number of hydrogen-bond donors (Lipinski definition) is 0. The summed E-state index contributed by atoms with van der Waals surface area (Å²) < 4.78 is 12.3. The van der Waals surface area contributed by atoms with Crippen LogP contribution in [-0.4, -0.2) is 13.2 Å². The van der Waals surface area contributed by atoms with Crippen LogP contribution in [0.2, 0.25) is 0 Å².